The van der Waals surface area contributed by atoms with Crippen LogP contribution in [0.3, 0.4) is 0 Å². The van der Waals surface area contributed by atoms with Gasteiger partial charge in [0.15, 0.2) is 0 Å². The Balaban J connectivity index is 1.81. The summed E-state index contributed by atoms with van der Waals surface area (Å²) in [6.07, 6.45) is 2.88. The van der Waals surface area contributed by atoms with Gasteiger partial charge in [-0.1, -0.05) is 13.8 Å². The van der Waals surface area contributed by atoms with E-state index in [-0.39, 0.29) is 24.1 Å². The van der Waals surface area contributed by atoms with Crippen molar-refractivity contribution in [3.8, 4) is 0 Å². The maximum absolute atomic E-state index is 12.0. The van der Waals surface area contributed by atoms with E-state index in [4.69, 9.17) is 9.15 Å². The minimum absolute atomic E-state index is 0.0206. The molecule has 2 unspecified atom stereocenters. The first-order valence-electron chi connectivity index (χ1n) is 7.65. The van der Waals surface area contributed by atoms with Crippen LogP contribution in [0.5, 0.6) is 0 Å². The van der Waals surface area contributed by atoms with Crippen molar-refractivity contribution in [3.05, 3.63) is 36.4 Å². The van der Waals surface area contributed by atoms with Crippen molar-refractivity contribution in [1.82, 2.24) is 9.97 Å². The van der Waals surface area contributed by atoms with Gasteiger partial charge >= 0.3 is 6.09 Å². The first kappa shape index (κ1) is 15.3. The fraction of sp³-hybridized carbons (Fsp3) is 0.438. The van der Waals surface area contributed by atoms with E-state index in [1.807, 2.05) is 19.1 Å². The smallest absolute Gasteiger partial charge is 0.415 e. The molecule has 2 aromatic rings. The van der Waals surface area contributed by atoms with Crippen molar-refractivity contribution in [2.24, 2.45) is 5.92 Å². The summed E-state index contributed by atoms with van der Waals surface area (Å²) in [5.41, 5.74) is 0. The molecule has 1 N–H and O–H groups in total. The maximum Gasteiger partial charge on any atom is 0.415 e. The number of aromatic nitrogens is 2. The van der Waals surface area contributed by atoms with Crippen LogP contribution in [0, 0.1) is 5.92 Å². The van der Waals surface area contributed by atoms with E-state index < -0.39 is 0 Å². The van der Waals surface area contributed by atoms with E-state index >= 15 is 0 Å². The van der Waals surface area contributed by atoms with Crippen molar-refractivity contribution in [1.29, 1.82) is 0 Å². The number of nitrogens with zero attached hydrogens (tertiary/aromatic N) is 3. The molecule has 1 aliphatic rings. The molecule has 3 heterocycles. The summed E-state index contributed by atoms with van der Waals surface area (Å²) >= 11 is 0. The molecular formula is C16H20N4O3. The summed E-state index contributed by atoms with van der Waals surface area (Å²) < 4.78 is 10.5. The van der Waals surface area contributed by atoms with Crippen molar-refractivity contribution in [2.45, 2.75) is 32.9 Å². The molecule has 0 spiro atoms. The average molecular weight is 316 g/mol. The Morgan fingerprint density at radius 3 is 2.87 bits per heavy atom. The molecule has 0 bridgehead atoms. The van der Waals surface area contributed by atoms with Gasteiger partial charge in [-0.3, -0.25) is 4.90 Å². The highest BCUT2D eigenvalue weighted by Gasteiger charge is 2.37. The first-order chi connectivity index (χ1) is 11.1. The van der Waals surface area contributed by atoms with Gasteiger partial charge in [-0.15, -0.1) is 0 Å². The molecule has 7 heteroatoms. The number of ether oxygens (including phenoxy) is 1. The van der Waals surface area contributed by atoms with Gasteiger partial charge in [0.05, 0.1) is 18.3 Å². The largest absolute Gasteiger partial charge is 0.467 e. The van der Waals surface area contributed by atoms with E-state index in [2.05, 4.69) is 29.1 Å². The van der Waals surface area contributed by atoms with E-state index in [1.165, 1.54) is 0 Å². The Kier molecular flexibility index (Phi) is 4.18. The molecule has 0 radical (unpaired) electrons. The summed E-state index contributed by atoms with van der Waals surface area (Å²) in [5, 5.41) is 3.17. The third-order valence-electron chi connectivity index (χ3n) is 3.88. The number of amides is 1. The summed E-state index contributed by atoms with van der Waals surface area (Å²) in [7, 11) is 0. The molecular weight excluding hydrogens is 296 g/mol. The zero-order chi connectivity index (χ0) is 16.4. The third-order valence-corrected chi connectivity index (χ3v) is 3.88. The lowest BCUT2D eigenvalue weighted by Crippen LogP contribution is -2.37. The predicted octanol–water partition coefficient (Wildman–Crippen LogP) is 3.22. The van der Waals surface area contributed by atoms with Crippen LogP contribution in [0.15, 0.2) is 35.1 Å². The number of hydrogen-bond donors (Lipinski definition) is 1. The lowest BCUT2D eigenvalue weighted by molar-refractivity contribution is 0.177. The van der Waals surface area contributed by atoms with Crippen LogP contribution in [0.2, 0.25) is 0 Å². The third kappa shape index (κ3) is 3.13. The summed E-state index contributed by atoms with van der Waals surface area (Å²) in [6.45, 7) is 6.44. The minimum atomic E-state index is -0.368. The number of cyclic esters (lactones) is 1. The molecule has 1 fully saturated rings. The lowest BCUT2D eigenvalue weighted by atomic mass is 10.0. The highest BCUT2D eigenvalue weighted by Crippen LogP contribution is 2.26. The van der Waals surface area contributed by atoms with Gasteiger partial charge in [0.2, 0.25) is 5.95 Å². The molecule has 1 aliphatic heterocycles. The number of carbonyl (C=O) groups is 1. The topological polar surface area (TPSA) is 80.5 Å². The molecule has 1 amide bonds. The molecule has 7 nitrogen and oxygen atoms in total. The zero-order valence-corrected chi connectivity index (χ0v) is 13.4. The molecule has 1 saturated heterocycles. The second-order valence-electron chi connectivity index (χ2n) is 5.88. The van der Waals surface area contributed by atoms with E-state index in [0.29, 0.717) is 18.4 Å². The second kappa shape index (κ2) is 6.28. The number of hydrogen-bond acceptors (Lipinski definition) is 6. The number of anilines is 2. The fourth-order valence-corrected chi connectivity index (χ4v) is 2.55. The van der Waals surface area contributed by atoms with E-state index in [0.717, 1.165) is 5.76 Å². The van der Waals surface area contributed by atoms with Crippen LogP contribution in [0.25, 0.3) is 0 Å². The van der Waals surface area contributed by atoms with Crippen molar-refractivity contribution in [2.75, 3.05) is 16.8 Å². The molecule has 23 heavy (non-hydrogen) atoms. The van der Waals surface area contributed by atoms with Crippen molar-refractivity contribution >= 4 is 17.9 Å². The standard InChI is InChI=1S/C16H20N4O3/c1-10(2)12-9-23-16(21)20(12)14-6-7-17-15(19-14)18-11(3)13-5-4-8-22-13/h4-8,10-12H,9H2,1-3H3,(H,17,18,19). The van der Waals surface area contributed by atoms with Crippen LogP contribution in [0.4, 0.5) is 16.6 Å². The molecule has 122 valence electrons. The van der Waals surface area contributed by atoms with Crippen LogP contribution in [-0.2, 0) is 4.74 Å². The number of furan rings is 1. The molecule has 0 aromatic carbocycles. The average Bonchev–Trinajstić information content (AvgIpc) is 3.16. The molecule has 0 aliphatic carbocycles. The van der Waals surface area contributed by atoms with Crippen LogP contribution >= 0.6 is 0 Å². The number of carbonyl (C=O) groups excluding carboxylic acids is 1. The lowest BCUT2D eigenvalue weighted by Gasteiger charge is -2.23. The fourth-order valence-electron chi connectivity index (χ4n) is 2.55. The first-order valence-corrected chi connectivity index (χ1v) is 7.65. The SMILES string of the molecule is CC(Nc1nccc(N2C(=O)OCC2C(C)C)n1)c1ccco1. The predicted molar refractivity (Wildman–Crippen MR) is 85.2 cm³/mol. The molecule has 2 atom stereocenters. The van der Waals surface area contributed by atoms with Gasteiger partial charge in [-0.05, 0) is 31.0 Å². The molecule has 0 saturated carbocycles. The Morgan fingerprint density at radius 1 is 1.35 bits per heavy atom. The Hall–Kier alpha value is -2.57. The number of nitrogens with one attached hydrogen (secondary N) is 1. The molecule has 3 rings (SSSR count). The van der Waals surface area contributed by atoms with Gasteiger partial charge in [-0.2, -0.15) is 4.98 Å². The molecule has 2 aromatic heterocycles. The van der Waals surface area contributed by atoms with Crippen molar-refractivity contribution in [3.63, 3.8) is 0 Å². The summed E-state index contributed by atoms with van der Waals surface area (Å²) in [6, 6.07) is 5.33. The number of rotatable bonds is 5. The van der Waals surface area contributed by atoms with E-state index in [9.17, 15) is 4.79 Å². The van der Waals surface area contributed by atoms with Gasteiger partial charge < -0.3 is 14.5 Å². The van der Waals surface area contributed by atoms with Crippen LogP contribution < -0.4 is 10.2 Å². The summed E-state index contributed by atoms with van der Waals surface area (Å²) in [4.78, 5) is 22.3. The minimum Gasteiger partial charge on any atom is -0.467 e. The van der Waals surface area contributed by atoms with Crippen molar-refractivity contribution < 1.29 is 13.9 Å². The Labute approximate surface area is 134 Å². The Morgan fingerprint density at radius 2 is 2.17 bits per heavy atom. The van der Waals surface area contributed by atoms with E-state index in [1.54, 1.807) is 23.4 Å². The zero-order valence-electron chi connectivity index (χ0n) is 13.4. The van der Waals surface area contributed by atoms with Gasteiger partial charge in [0.1, 0.15) is 18.2 Å². The quantitative estimate of drug-likeness (QED) is 0.912. The van der Waals surface area contributed by atoms with Crippen LogP contribution in [-0.4, -0.2) is 28.7 Å². The maximum atomic E-state index is 12.0. The normalized spacial score (nSPS) is 19.0. The van der Waals surface area contributed by atoms with Gasteiger partial charge in [0, 0.05) is 6.20 Å². The highest BCUT2D eigenvalue weighted by atomic mass is 16.6. The van der Waals surface area contributed by atoms with Gasteiger partial charge in [0.25, 0.3) is 0 Å². The van der Waals surface area contributed by atoms with Crippen LogP contribution in [0.1, 0.15) is 32.6 Å². The Bertz CT molecular complexity index is 672. The highest BCUT2D eigenvalue weighted by molar-refractivity contribution is 5.89. The summed E-state index contributed by atoms with van der Waals surface area (Å²) in [5.74, 6) is 2.04. The van der Waals surface area contributed by atoms with Gasteiger partial charge in [-0.25, -0.2) is 9.78 Å². The second-order valence-corrected chi connectivity index (χ2v) is 5.88. The monoisotopic (exact) mass is 316 g/mol.